The van der Waals surface area contributed by atoms with Crippen molar-refractivity contribution in [2.24, 2.45) is 0 Å². The summed E-state index contributed by atoms with van der Waals surface area (Å²) in [6.45, 7) is 11.6. The summed E-state index contributed by atoms with van der Waals surface area (Å²) in [5.74, 6) is 0.970. The number of anilines is 3. The van der Waals surface area contributed by atoms with E-state index in [0.29, 0.717) is 35.0 Å². The lowest BCUT2D eigenvalue weighted by Crippen LogP contribution is -2.49. The summed E-state index contributed by atoms with van der Waals surface area (Å²) in [4.78, 5) is 45.4. The number of amides is 1. The van der Waals surface area contributed by atoms with E-state index in [4.69, 9.17) is 9.97 Å². The molecule has 5 rings (SSSR count). The molecule has 0 bridgehead atoms. The Kier molecular flexibility index (Phi) is 8.60. The standard InChI is InChI=1S/C31H39N9O3/c1-6-14-39-29(43)24-19-32-30(35-28(24)40(39)26-9-7-8-25(34-26)31(2,3)21-41)33-22-10-12-23(13-11-22)38-17-15-37(16-18-38)20-27(42)36(4)5/h6-13,19,41H,1,14-18,20-21H2,2-5H3,(H,32,33,35). The molecule has 0 unspecified atom stereocenters. The number of hydrogen-bond donors (Lipinski definition) is 2. The van der Waals surface area contributed by atoms with Gasteiger partial charge in [-0.3, -0.25) is 14.5 Å². The molecule has 1 aromatic carbocycles. The Bertz CT molecular complexity index is 1670. The van der Waals surface area contributed by atoms with E-state index in [1.54, 1.807) is 29.8 Å². The number of aromatic nitrogens is 5. The van der Waals surface area contributed by atoms with Crippen LogP contribution in [-0.2, 0) is 16.8 Å². The third-order valence-corrected chi connectivity index (χ3v) is 7.74. The minimum absolute atomic E-state index is 0.0711. The summed E-state index contributed by atoms with van der Waals surface area (Å²) in [6.07, 6.45) is 3.18. The molecule has 3 aromatic heterocycles. The van der Waals surface area contributed by atoms with Gasteiger partial charge in [0.25, 0.3) is 5.56 Å². The van der Waals surface area contributed by atoms with E-state index in [-0.39, 0.29) is 24.6 Å². The van der Waals surface area contributed by atoms with Gasteiger partial charge in [-0.2, -0.15) is 4.98 Å². The molecule has 1 aliphatic heterocycles. The van der Waals surface area contributed by atoms with Gasteiger partial charge in [0.2, 0.25) is 11.9 Å². The van der Waals surface area contributed by atoms with E-state index in [2.05, 4.69) is 38.8 Å². The first-order chi connectivity index (χ1) is 20.6. The Balaban J connectivity index is 1.38. The highest BCUT2D eigenvalue weighted by Crippen LogP contribution is 2.24. The molecule has 0 spiro atoms. The predicted octanol–water partition coefficient (Wildman–Crippen LogP) is 2.39. The molecule has 1 fully saturated rings. The number of benzene rings is 1. The second-order valence-electron chi connectivity index (χ2n) is 11.6. The van der Waals surface area contributed by atoms with Crippen LogP contribution >= 0.6 is 0 Å². The fourth-order valence-corrected chi connectivity index (χ4v) is 4.99. The molecule has 0 saturated carbocycles. The van der Waals surface area contributed by atoms with Crippen LogP contribution in [0.4, 0.5) is 17.3 Å². The molecule has 1 saturated heterocycles. The number of pyridine rings is 1. The largest absolute Gasteiger partial charge is 0.395 e. The van der Waals surface area contributed by atoms with E-state index in [0.717, 1.165) is 37.6 Å². The first-order valence-electron chi connectivity index (χ1n) is 14.3. The summed E-state index contributed by atoms with van der Waals surface area (Å²) >= 11 is 0. The molecular formula is C31H39N9O3. The Hall–Kier alpha value is -4.55. The Morgan fingerprint density at radius 1 is 1.09 bits per heavy atom. The average Bonchev–Trinajstić information content (AvgIpc) is 3.28. The van der Waals surface area contributed by atoms with Crippen LogP contribution in [0.15, 0.2) is 66.1 Å². The monoisotopic (exact) mass is 585 g/mol. The van der Waals surface area contributed by atoms with Crippen molar-refractivity contribution >= 4 is 34.3 Å². The first kappa shape index (κ1) is 29.9. The van der Waals surface area contributed by atoms with Crippen LogP contribution in [0.3, 0.4) is 0 Å². The minimum Gasteiger partial charge on any atom is -0.395 e. The maximum atomic E-state index is 13.3. The molecule has 0 aliphatic carbocycles. The van der Waals surface area contributed by atoms with Crippen LogP contribution in [-0.4, -0.2) is 98.6 Å². The molecule has 4 heterocycles. The molecule has 226 valence electrons. The van der Waals surface area contributed by atoms with Crippen LogP contribution in [0.2, 0.25) is 0 Å². The van der Waals surface area contributed by atoms with E-state index < -0.39 is 5.41 Å². The number of hydrogen-bond acceptors (Lipinski definition) is 9. The lowest BCUT2D eigenvalue weighted by Gasteiger charge is -2.36. The number of nitrogens with zero attached hydrogens (tertiary/aromatic N) is 8. The van der Waals surface area contributed by atoms with Crippen molar-refractivity contribution < 1.29 is 9.90 Å². The third kappa shape index (κ3) is 6.30. The number of fused-ring (bicyclic) bond motifs is 1. The van der Waals surface area contributed by atoms with Gasteiger partial charge < -0.3 is 20.2 Å². The molecule has 4 aromatic rings. The van der Waals surface area contributed by atoms with Crippen LogP contribution < -0.4 is 15.8 Å². The van der Waals surface area contributed by atoms with Gasteiger partial charge in [0.05, 0.1) is 25.4 Å². The number of carbonyl (C=O) groups excluding carboxylic acids is 1. The van der Waals surface area contributed by atoms with Crippen molar-refractivity contribution in [3.05, 3.63) is 77.4 Å². The maximum Gasteiger partial charge on any atom is 0.278 e. The van der Waals surface area contributed by atoms with Crippen LogP contribution in [0.1, 0.15) is 19.5 Å². The number of aliphatic hydroxyl groups is 1. The lowest BCUT2D eigenvalue weighted by molar-refractivity contribution is -0.129. The Labute approximate surface area is 250 Å². The number of likely N-dealkylation sites (N-methyl/N-ethyl adjacent to an activating group) is 1. The molecule has 0 radical (unpaired) electrons. The molecule has 0 atom stereocenters. The molecule has 2 N–H and O–H groups in total. The van der Waals surface area contributed by atoms with Gasteiger partial charge in [-0.05, 0) is 36.4 Å². The van der Waals surface area contributed by atoms with Crippen LogP contribution in [0.25, 0.3) is 16.9 Å². The summed E-state index contributed by atoms with van der Waals surface area (Å²) in [5, 5.41) is 13.5. The van der Waals surface area contributed by atoms with Crippen molar-refractivity contribution in [1.29, 1.82) is 0 Å². The van der Waals surface area contributed by atoms with E-state index in [1.165, 1.54) is 10.9 Å². The Morgan fingerprint density at radius 2 is 1.81 bits per heavy atom. The van der Waals surface area contributed by atoms with Crippen molar-refractivity contribution in [1.82, 2.24) is 34.1 Å². The number of rotatable bonds is 10. The highest BCUT2D eigenvalue weighted by Gasteiger charge is 2.24. The average molecular weight is 586 g/mol. The number of carbonyl (C=O) groups is 1. The highest BCUT2D eigenvalue weighted by atomic mass is 16.3. The van der Waals surface area contributed by atoms with Crippen LogP contribution in [0.5, 0.6) is 0 Å². The predicted molar refractivity (Wildman–Crippen MR) is 168 cm³/mol. The second-order valence-corrected chi connectivity index (χ2v) is 11.6. The van der Waals surface area contributed by atoms with Crippen molar-refractivity contribution in [3.63, 3.8) is 0 Å². The van der Waals surface area contributed by atoms with Crippen molar-refractivity contribution in [2.75, 3.05) is 63.6 Å². The number of allylic oxidation sites excluding steroid dienone is 1. The highest BCUT2D eigenvalue weighted by molar-refractivity contribution is 5.78. The number of aliphatic hydroxyl groups excluding tert-OH is 1. The van der Waals surface area contributed by atoms with E-state index >= 15 is 0 Å². The number of piperazine rings is 1. The fourth-order valence-electron chi connectivity index (χ4n) is 4.99. The van der Waals surface area contributed by atoms with Crippen molar-refractivity contribution in [2.45, 2.75) is 25.8 Å². The molecule has 12 heteroatoms. The summed E-state index contributed by atoms with van der Waals surface area (Å²) < 4.78 is 3.21. The molecule has 1 amide bonds. The lowest BCUT2D eigenvalue weighted by atomic mass is 9.90. The van der Waals surface area contributed by atoms with Crippen molar-refractivity contribution in [3.8, 4) is 5.82 Å². The van der Waals surface area contributed by atoms with Gasteiger partial charge in [0.15, 0.2) is 11.5 Å². The minimum atomic E-state index is -0.560. The van der Waals surface area contributed by atoms with E-state index in [9.17, 15) is 14.7 Å². The molecule has 12 nitrogen and oxygen atoms in total. The summed E-state index contributed by atoms with van der Waals surface area (Å²) in [7, 11) is 3.57. The van der Waals surface area contributed by atoms with Gasteiger partial charge in [0.1, 0.15) is 5.39 Å². The fraction of sp³-hybridized carbons (Fsp3) is 0.387. The zero-order chi connectivity index (χ0) is 30.7. The maximum absolute atomic E-state index is 13.3. The number of nitrogens with one attached hydrogen (secondary N) is 1. The zero-order valence-corrected chi connectivity index (χ0v) is 25.2. The molecule has 1 aliphatic rings. The van der Waals surface area contributed by atoms with Gasteiger partial charge >= 0.3 is 0 Å². The van der Waals surface area contributed by atoms with Gasteiger partial charge in [-0.1, -0.05) is 26.0 Å². The first-order valence-corrected chi connectivity index (χ1v) is 14.3. The van der Waals surface area contributed by atoms with Crippen LogP contribution in [0, 0.1) is 0 Å². The zero-order valence-electron chi connectivity index (χ0n) is 25.2. The molecular weight excluding hydrogens is 546 g/mol. The SMILES string of the molecule is C=CCn1c(=O)c2cnc(Nc3ccc(N4CCN(CC(=O)N(C)C)CC4)cc3)nc2n1-c1cccc(C(C)(C)CO)n1. The normalized spacial score (nSPS) is 14.2. The second kappa shape index (κ2) is 12.4. The third-order valence-electron chi connectivity index (χ3n) is 7.74. The van der Waals surface area contributed by atoms with Gasteiger partial charge in [-0.25, -0.2) is 19.3 Å². The Morgan fingerprint density at radius 3 is 2.47 bits per heavy atom. The van der Waals surface area contributed by atoms with Gasteiger partial charge in [0, 0.05) is 63.3 Å². The summed E-state index contributed by atoms with van der Waals surface area (Å²) in [5.41, 5.74) is 2.22. The van der Waals surface area contributed by atoms with Gasteiger partial charge in [-0.15, -0.1) is 6.58 Å². The quantitative estimate of drug-likeness (QED) is 0.270. The smallest absolute Gasteiger partial charge is 0.278 e. The van der Waals surface area contributed by atoms with E-state index in [1.807, 2.05) is 44.2 Å². The topological polar surface area (TPSA) is 125 Å². The molecule has 43 heavy (non-hydrogen) atoms. The summed E-state index contributed by atoms with van der Waals surface area (Å²) in [6, 6.07) is 13.6.